The summed E-state index contributed by atoms with van der Waals surface area (Å²) in [5.74, 6) is -0.972. The van der Waals surface area contributed by atoms with E-state index in [1.54, 1.807) is 24.3 Å². The van der Waals surface area contributed by atoms with Gasteiger partial charge in [-0.2, -0.15) is 0 Å². The van der Waals surface area contributed by atoms with Gasteiger partial charge in [0.1, 0.15) is 5.38 Å². The standard InChI is InChI=1S/C11H10Cl2O2/c12-7-6-9(14)11(15)10(13)8-4-2-1-3-5-8/h1-5,10H,6-7H2. The molecule has 0 heterocycles. The number of ketones is 2. The Bertz CT molecular complexity index is 349. The van der Waals surface area contributed by atoms with E-state index in [-0.39, 0.29) is 12.3 Å². The molecule has 1 rings (SSSR count). The molecule has 0 radical (unpaired) electrons. The number of halogens is 2. The Morgan fingerprint density at radius 2 is 1.80 bits per heavy atom. The first-order valence-corrected chi connectivity index (χ1v) is 5.46. The second-order valence-electron chi connectivity index (χ2n) is 3.00. The molecule has 2 nitrogen and oxygen atoms in total. The third-order valence-electron chi connectivity index (χ3n) is 1.92. The minimum atomic E-state index is -0.901. The number of Topliss-reactive ketones (excluding diaryl/α,β-unsaturated/α-hetero) is 2. The highest BCUT2D eigenvalue weighted by atomic mass is 35.5. The van der Waals surface area contributed by atoms with Gasteiger partial charge in [-0.05, 0) is 5.56 Å². The normalized spacial score (nSPS) is 12.1. The summed E-state index contributed by atoms with van der Waals surface area (Å²) < 4.78 is 0. The fourth-order valence-corrected chi connectivity index (χ4v) is 1.56. The van der Waals surface area contributed by atoms with Crippen LogP contribution >= 0.6 is 23.2 Å². The zero-order valence-electron chi connectivity index (χ0n) is 7.95. The van der Waals surface area contributed by atoms with Crippen LogP contribution in [0.2, 0.25) is 0 Å². The maximum atomic E-state index is 11.5. The topological polar surface area (TPSA) is 34.1 Å². The Morgan fingerprint density at radius 3 is 2.33 bits per heavy atom. The molecule has 1 aromatic carbocycles. The highest BCUT2D eigenvalue weighted by molar-refractivity contribution is 6.49. The summed E-state index contributed by atoms with van der Waals surface area (Å²) in [6, 6.07) is 8.78. The van der Waals surface area contributed by atoms with Crippen LogP contribution in [-0.2, 0) is 9.59 Å². The predicted molar refractivity (Wildman–Crippen MR) is 60.4 cm³/mol. The summed E-state index contributed by atoms with van der Waals surface area (Å²) in [5.41, 5.74) is 0.632. The van der Waals surface area contributed by atoms with Crippen LogP contribution in [0.4, 0.5) is 0 Å². The Kier molecular flexibility index (Phi) is 4.79. The van der Waals surface area contributed by atoms with Crippen molar-refractivity contribution >= 4 is 34.8 Å². The van der Waals surface area contributed by atoms with Crippen LogP contribution in [0.1, 0.15) is 17.4 Å². The Balaban J connectivity index is 2.73. The van der Waals surface area contributed by atoms with Gasteiger partial charge in [0, 0.05) is 12.3 Å². The molecule has 0 aliphatic rings. The van der Waals surface area contributed by atoms with Gasteiger partial charge < -0.3 is 0 Å². The molecule has 80 valence electrons. The van der Waals surface area contributed by atoms with E-state index in [0.29, 0.717) is 5.56 Å². The molecule has 0 bridgehead atoms. The van der Waals surface area contributed by atoms with E-state index < -0.39 is 16.9 Å². The molecule has 1 aromatic rings. The number of rotatable bonds is 5. The van der Waals surface area contributed by atoms with Gasteiger partial charge >= 0.3 is 0 Å². The molecule has 0 N–H and O–H groups in total. The van der Waals surface area contributed by atoms with E-state index in [0.717, 1.165) is 0 Å². The molecule has 0 amide bonds. The van der Waals surface area contributed by atoms with Crippen molar-refractivity contribution in [3.05, 3.63) is 35.9 Å². The highest BCUT2D eigenvalue weighted by Crippen LogP contribution is 2.21. The maximum absolute atomic E-state index is 11.5. The quantitative estimate of drug-likeness (QED) is 0.590. The molecule has 0 saturated heterocycles. The van der Waals surface area contributed by atoms with Crippen molar-refractivity contribution in [1.82, 2.24) is 0 Å². The van der Waals surface area contributed by atoms with Crippen LogP contribution in [0.5, 0.6) is 0 Å². The SMILES string of the molecule is O=C(CCCl)C(=O)C(Cl)c1ccccc1. The zero-order valence-corrected chi connectivity index (χ0v) is 9.46. The van der Waals surface area contributed by atoms with Crippen molar-refractivity contribution in [2.45, 2.75) is 11.8 Å². The number of carbonyl (C=O) groups is 2. The Morgan fingerprint density at radius 1 is 1.20 bits per heavy atom. The summed E-state index contributed by atoms with van der Waals surface area (Å²) in [6.07, 6.45) is 0.0381. The Labute approximate surface area is 98.2 Å². The minimum absolute atomic E-state index is 0.0381. The largest absolute Gasteiger partial charge is 0.291 e. The van der Waals surface area contributed by atoms with Gasteiger partial charge in [0.2, 0.25) is 11.6 Å². The summed E-state index contributed by atoms with van der Waals surface area (Å²) >= 11 is 11.2. The van der Waals surface area contributed by atoms with E-state index >= 15 is 0 Å². The third kappa shape index (κ3) is 3.33. The van der Waals surface area contributed by atoms with Crippen LogP contribution in [0.3, 0.4) is 0 Å². The van der Waals surface area contributed by atoms with Gasteiger partial charge in [0.15, 0.2) is 0 Å². The summed E-state index contributed by atoms with van der Waals surface area (Å²) in [5, 5.41) is -0.901. The molecule has 0 spiro atoms. The van der Waals surface area contributed by atoms with Gasteiger partial charge in [-0.25, -0.2) is 0 Å². The van der Waals surface area contributed by atoms with E-state index in [1.807, 2.05) is 6.07 Å². The first-order valence-electron chi connectivity index (χ1n) is 4.49. The molecule has 0 aliphatic carbocycles. The molecule has 4 heteroatoms. The van der Waals surface area contributed by atoms with Crippen LogP contribution in [0.15, 0.2) is 30.3 Å². The monoisotopic (exact) mass is 244 g/mol. The van der Waals surface area contributed by atoms with E-state index in [1.165, 1.54) is 0 Å². The molecular formula is C11H10Cl2O2. The maximum Gasteiger partial charge on any atom is 0.220 e. The van der Waals surface area contributed by atoms with Crippen LogP contribution in [-0.4, -0.2) is 17.4 Å². The van der Waals surface area contributed by atoms with Crippen molar-refractivity contribution < 1.29 is 9.59 Å². The van der Waals surface area contributed by atoms with E-state index in [4.69, 9.17) is 23.2 Å². The van der Waals surface area contributed by atoms with Crippen molar-refractivity contribution in [2.75, 3.05) is 5.88 Å². The van der Waals surface area contributed by atoms with Crippen molar-refractivity contribution in [2.24, 2.45) is 0 Å². The number of benzene rings is 1. The lowest BCUT2D eigenvalue weighted by Crippen LogP contribution is -2.19. The molecule has 0 fully saturated rings. The average molecular weight is 245 g/mol. The van der Waals surface area contributed by atoms with Crippen LogP contribution < -0.4 is 0 Å². The molecule has 1 atom stereocenters. The number of hydrogen-bond acceptors (Lipinski definition) is 2. The number of carbonyl (C=O) groups excluding carboxylic acids is 2. The number of alkyl halides is 2. The highest BCUT2D eigenvalue weighted by Gasteiger charge is 2.23. The fraction of sp³-hybridized carbons (Fsp3) is 0.273. The number of hydrogen-bond donors (Lipinski definition) is 0. The minimum Gasteiger partial charge on any atom is -0.291 e. The first kappa shape index (κ1) is 12.2. The molecule has 15 heavy (non-hydrogen) atoms. The van der Waals surface area contributed by atoms with Gasteiger partial charge in [0.05, 0.1) is 0 Å². The summed E-state index contributed by atoms with van der Waals surface area (Å²) in [6.45, 7) is 0. The second kappa shape index (κ2) is 5.89. The lowest BCUT2D eigenvalue weighted by molar-refractivity contribution is -0.136. The van der Waals surface area contributed by atoms with E-state index in [2.05, 4.69) is 0 Å². The van der Waals surface area contributed by atoms with Gasteiger partial charge in [-0.3, -0.25) is 9.59 Å². The summed E-state index contributed by atoms with van der Waals surface area (Å²) in [4.78, 5) is 22.7. The fourth-order valence-electron chi connectivity index (χ4n) is 1.12. The zero-order chi connectivity index (χ0) is 11.3. The van der Waals surface area contributed by atoms with Gasteiger partial charge in [-0.1, -0.05) is 30.3 Å². The van der Waals surface area contributed by atoms with Crippen LogP contribution in [0.25, 0.3) is 0 Å². The van der Waals surface area contributed by atoms with Gasteiger partial charge in [0.25, 0.3) is 0 Å². The molecular weight excluding hydrogens is 235 g/mol. The summed E-state index contributed by atoms with van der Waals surface area (Å²) in [7, 11) is 0. The van der Waals surface area contributed by atoms with Crippen molar-refractivity contribution in [3.63, 3.8) is 0 Å². The molecule has 0 aromatic heterocycles. The molecule has 1 unspecified atom stereocenters. The lowest BCUT2D eigenvalue weighted by Gasteiger charge is -2.06. The predicted octanol–water partition coefficient (Wildman–Crippen LogP) is 2.73. The van der Waals surface area contributed by atoms with Crippen molar-refractivity contribution in [1.29, 1.82) is 0 Å². The molecule has 0 aliphatic heterocycles. The Hall–Kier alpha value is -0.860. The molecule has 0 saturated carbocycles. The van der Waals surface area contributed by atoms with E-state index in [9.17, 15) is 9.59 Å². The van der Waals surface area contributed by atoms with Crippen LogP contribution in [0, 0.1) is 0 Å². The van der Waals surface area contributed by atoms with Crippen molar-refractivity contribution in [3.8, 4) is 0 Å². The van der Waals surface area contributed by atoms with Gasteiger partial charge in [-0.15, -0.1) is 23.2 Å². The third-order valence-corrected chi connectivity index (χ3v) is 2.56. The smallest absolute Gasteiger partial charge is 0.220 e. The second-order valence-corrected chi connectivity index (χ2v) is 3.81. The lowest BCUT2D eigenvalue weighted by atomic mass is 10.0. The first-order chi connectivity index (χ1) is 7.16. The average Bonchev–Trinajstić information content (AvgIpc) is 2.28.